The first-order chi connectivity index (χ1) is 8.53. The molecule has 1 heterocycles. The van der Waals surface area contributed by atoms with Gasteiger partial charge in [-0.15, -0.1) is 10.2 Å². The fourth-order valence-electron chi connectivity index (χ4n) is 1.65. The minimum absolute atomic E-state index is 0.239. The van der Waals surface area contributed by atoms with Crippen LogP contribution in [-0.2, 0) is 0 Å². The molecule has 96 valence electrons. The van der Waals surface area contributed by atoms with Gasteiger partial charge in [0.05, 0.1) is 0 Å². The van der Waals surface area contributed by atoms with Gasteiger partial charge in [0.25, 0.3) is 0 Å². The summed E-state index contributed by atoms with van der Waals surface area (Å²) >= 11 is 6.04. The van der Waals surface area contributed by atoms with Crippen molar-refractivity contribution in [2.75, 3.05) is 11.9 Å². The standard InChI is InChI=1S/C14H18ClN3/c1-4-14(2,3)9-16-13-11-8-6-5-7-10(11)12(15)17-18-13/h5-8H,4,9H2,1-3H3,(H,16,18). The lowest BCUT2D eigenvalue weighted by molar-refractivity contribution is 0.376. The normalized spacial score (nSPS) is 11.8. The highest BCUT2D eigenvalue weighted by molar-refractivity contribution is 6.34. The molecule has 0 saturated heterocycles. The number of hydrogen-bond donors (Lipinski definition) is 1. The van der Waals surface area contributed by atoms with E-state index in [4.69, 9.17) is 11.6 Å². The van der Waals surface area contributed by atoms with Crippen LogP contribution in [0.25, 0.3) is 10.8 Å². The van der Waals surface area contributed by atoms with Gasteiger partial charge < -0.3 is 5.32 Å². The van der Waals surface area contributed by atoms with Crippen LogP contribution in [0, 0.1) is 5.41 Å². The number of fused-ring (bicyclic) bond motifs is 1. The third kappa shape index (κ3) is 2.72. The molecule has 0 atom stereocenters. The van der Waals surface area contributed by atoms with Crippen LogP contribution in [0.15, 0.2) is 24.3 Å². The number of nitrogens with zero attached hydrogens (tertiary/aromatic N) is 2. The van der Waals surface area contributed by atoms with Gasteiger partial charge in [-0.2, -0.15) is 0 Å². The molecule has 2 rings (SSSR count). The molecule has 1 aromatic heterocycles. The Labute approximate surface area is 113 Å². The summed E-state index contributed by atoms with van der Waals surface area (Å²) in [6.45, 7) is 7.51. The van der Waals surface area contributed by atoms with Gasteiger partial charge in [-0.25, -0.2) is 0 Å². The molecule has 0 fully saturated rings. The number of rotatable bonds is 4. The van der Waals surface area contributed by atoms with E-state index in [0.717, 1.165) is 29.6 Å². The highest BCUT2D eigenvalue weighted by Crippen LogP contribution is 2.27. The zero-order valence-corrected chi connectivity index (χ0v) is 11.8. The van der Waals surface area contributed by atoms with Crippen LogP contribution >= 0.6 is 11.6 Å². The van der Waals surface area contributed by atoms with Crippen LogP contribution < -0.4 is 5.32 Å². The maximum atomic E-state index is 6.04. The van der Waals surface area contributed by atoms with E-state index >= 15 is 0 Å². The van der Waals surface area contributed by atoms with Crippen LogP contribution in [0.4, 0.5) is 5.82 Å². The summed E-state index contributed by atoms with van der Waals surface area (Å²) in [7, 11) is 0. The van der Waals surface area contributed by atoms with Crippen molar-refractivity contribution in [3.63, 3.8) is 0 Å². The molecule has 0 aliphatic heterocycles. The molecular formula is C14H18ClN3. The molecule has 0 unspecified atom stereocenters. The lowest BCUT2D eigenvalue weighted by atomic mass is 9.90. The molecule has 1 N–H and O–H groups in total. The molecule has 0 amide bonds. The van der Waals surface area contributed by atoms with Crippen molar-refractivity contribution in [3.8, 4) is 0 Å². The van der Waals surface area contributed by atoms with E-state index in [1.807, 2.05) is 24.3 Å². The Balaban J connectivity index is 2.32. The van der Waals surface area contributed by atoms with E-state index in [0.29, 0.717) is 5.15 Å². The lowest BCUT2D eigenvalue weighted by Gasteiger charge is -2.23. The van der Waals surface area contributed by atoms with E-state index in [2.05, 4.69) is 36.3 Å². The van der Waals surface area contributed by atoms with Gasteiger partial charge in [0.2, 0.25) is 0 Å². The van der Waals surface area contributed by atoms with Gasteiger partial charge in [-0.3, -0.25) is 0 Å². The molecule has 3 nitrogen and oxygen atoms in total. The third-order valence-electron chi connectivity index (χ3n) is 3.33. The highest BCUT2D eigenvalue weighted by atomic mass is 35.5. The average Bonchev–Trinajstić information content (AvgIpc) is 2.38. The van der Waals surface area contributed by atoms with Crippen LogP contribution in [0.5, 0.6) is 0 Å². The molecule has 18 heavy (non-hydrogen) atoms. The van der Waals surface area contributed by atoms with E-state index in [1.165, 1.54) is 0 Å². The summed E-state index contributed by atoms with van der Waals surface area (Å²) in [6.07, 6.45) is 1.11. The first kappa shape index (κ1) is 13.1. The van der Waals surface area contributed by atoms with Gasteiger partial charge >= 0.3 is 0 Å². The van der Waals surface area contributed by atoms with Gasteiger partial charge in [0, 0.05) is 17.3 Å². The second-order valence-electron chi connectivity index (χ2n) is 5.26. The smallest absolute Gasteiger partial charge is 0.159 e. The second-order valence-corrected chi connectivity index (χ2v) is 5.61. The summed E-state index contributed by atoms with van der Waals surface area (Å²) in [5.41, 5.74) is 0.239. The van der Waals surface area contributed by atoms with Gasteiger partial charge in [0.15, 0.2) is 11.0 Å². The molecule has 0 aliphatic carbocycles. The number of halogens is 1. The quantitative estimate of drug-likeness (QED) is 0.901. The number of aromatic nitrogens is 2. The van der Waals surface area contributed by atoms with Crippen molar-refractivity contribution in [3.05, 3.63) is 29.4 Å². The molecule has 4 heteroatoms. The summed E-state index contributed by atoms with van der Waals surface area (Å²) in [5.74, 6) is 0.802. The minimum atomic E-state index is 0.239. The molecule has 0 spiro atoms. The Morgan fingerprint density at radius 2 is 1.83 bits per heavy atom. The van der Waals surface area contributed by atoms with Crippen molar-refractivity contribution in [2.45, 2.75) is 27.2 Å². The Bertz CT molecular complexity index is 552. The fraction of sp³-hybridized carbons (Fsp3) is 0.429. The number of anilines is 1. The van der Waals surface area contributed by atoms with Gasteiger partial charge in [-0.1, -0.05) is 56.6 Å². The van der Waals surface area contributed by atoms with Gasteiger partial charge in [0.1, 0.15) is 0 Å². The fourth-order valence-corrected chi connectivity index (χ4v) is 1.85. The molecule has 1 aromatic carbocycles. The van der Waals surface area contributed by atoms with Crippen LogP contribution in [0.3, 0.4) is 0 Å². The molecule has 0 bridgehead atoms. The SMILES string of the molecule is CCC(C)(C)CNc1nnc(Cl)c2ccccc12. The molecule has 0 radical (unpaired) electrons. The van der Waals surface area contributed by atoms with Crippen LogP contribution in [-0.4, -0.2) is 16.7 Å². The predicted octanol–water partition coefficient (Wildman–Crippen LogP) is 4.13. The predicted molar refractivity (Wildman–Crippen MR) is 77.1 cm³/mol. The molecule has 0 aliphatic rings. The highest BCUT2D eigenvalue weighted by Gasteiger charge is 2.16. The Morgan fingerprint density at radius 3 is 2.50 bits per heavy atom. The summed E-state index contributed by atoms with van der Waals surface area (Å²) in [4.78, 5) is 0. The zero-order valence-electron chi connectivity index (χ0n) is 11.0. The number of benzene rings is 1. The lowest BCUT2D eigenvalue weighted by Crippen LogP contribution is -2.22. The van der Waals surface area contributed by atoms with Crippen molar-refractivity contribution < 1.29 is 0 Å². The molecular weight excluding hydrogens is 246 g/mol. The third-order valence-corrected chi connectivity index (χ3v) is 3.61. The van der Waals surface area contributed by atoms with Gasteiger partial charge in [-0.05, 0) is 11.8 Å². The number of nitrogens with one attached hydrogen (secondary N) is 1. The Hall–Kier alpha value is -1.35. The average molecular weight is 264 g/mol. The van der Waals surface area contributed by atoms with Crippen molar-refractivity contribution >= 4 is 28.2 Å². The number of hydrogen-bond acceptors (Lipinski definition) is 3. The van der Waals surface area contributed by atoms with Crippen LogP contribution in [0.1, 0.15) is 27.2 Å². The summed E-state index contributed by atoms with van der Waals surface area (Å²) in [6, 6.07) is 7.91. The summed E-state index contributed by atoms with van der Waals surface area (Å²) in [5, 5.41) is 13.9. The maximum Gasteiger partial charge on any atom is 0.159 e. The maximum absolute atomic E-state index is 6.04. The van der Waals surface area contributed by atoms with Crippen molar-refractivity contribution in [2.24, 2.45) is 5.41 Å². The monoisotopic (exact) mass is 263 g/mol. The van der Waals surface area contributed by atoms with E-state index in [9.17, 15) is 0 Å². The van der Waals surface area contributed by atoms with E-state index in [-0.39, 0.29) is 5.41 Å². The van der Waals surface area contributed by atoms with Crippen LogP contribution in [0.2, 0.25) is 5.15 Å². The molecule has 0 saturated carbocycles. The second kappa shape index (κ2) is 5.11. The Kier molecular flexibility index (Phi) is 3.71. The summed E-state index contributed by atoms with van der Waals surface area (Å²) < 4.78 is 0. The first-order valence-corrected chi connectivity index (χ1v) is 6.56. The Morgan fingerprint density at radius 1 is 1.17 bits per heavy atom. The van der Waals surface area contributed by atoms with E-state index in [1.54, 1.807) is 0 Å². The first-order valence-electron chi connectivity index (χ1n) is 6.18. The topological polar surface area (TPSA) is 37.8 Å². The van der Waals surface area contributed by atoms with Crippen molar-refractivity contribution in [1.29, 1.82) is 0 Å². The zero-order chi connectivity index (χ0) is 13.2. The largest absolute Gasteiger partial charge is 0.368 e. The van der Waals surface area contributed by atoms with Crippen molar-refractivity contribution in [1.82, 2.24) is 10.2 Å². The van der Waals surface area contributed by atoms with E-state index < -0.39 is 0 Å². The molecule has 2 aromatic rings. The minimum Gasteiger partial charge on any atom is -0.368 e.